The summed E-state index contributed by atoms with van der Waals surface area (Å²) in [5, 5.41) is 0. The summed E-state index contributed by atoms with van der Waals surface area (Å²) in [7, 11) is 0. The Morgan fingerprint density at radius 2 is 1.81 bits per heavy atom. The van der Waals surface area contributed by atoms with Crippen molar-refractivity contribution in [1.29, 1.82) is 0 Å². The average molecular weight is 225 g/mol. The third kappa shape index (κ3) is 3.44. The van der Waals surface area contributed by atoms with Crippen molar-refractivity contribution in [3.05, 3.63) is 0 Å². The highest BCUT2D eigenvalue weighted by atomic mass is 15.2. The zero-order chi connectivity index (χ0) is 11.2. The van der Waals surface area contributed by atoms with Gasteiger partial charge in [0.2, 0.25) is 0 Å². The molecular formula is C13H27N3. The van der Waals surface area contributed by atoms with Crippen LogP contribution in [-0.2, 0) is 0 Å². The Labute approximate surface area is 100.0 Å². The first-order valence-electron chi connectivity index (χ1n) is 7.06. The van der Waals surface area contributed by atoms with E-state index in [0.29, 0.717) is 0 Å². The lowest BCUT2D eigenvalue weighted by Gasteiger charge is -2.38. The molecular weight excluding hydrogens is 198 g/mol. The van der Waals surface area contributed by atoms with Gasteiger partial charge in [-0.1, -0.05) is 6.42 Å². The van der Waals surface area contributed by atoms with Gasteiger partial charge in [-0.15, -0.1) is 0 Å². The fraction of sp³-hybridized carbons (Fsp3) is 1.00. The highest BCUT2D eigenvalue weighted by Gasteiger charge is 2.24. The number of hydrogen-bond acceptors (Lipinski definition) is 3. The highest BCUT2D eigenvalue weighted by molar-refractivity contribution is 4.81. The largest absolute Gasteiger partial charge is 0.330 e. The van der Waals surface area contributed by atoms with Crippen LogP contribution in [0.2, 0.25) is 0 Å². The molecule has 0 amide bonds. The van der Waals surface area contributed by atoms with Crippen molar-refractivity contribution in [2.24, 2.45) is 5.73 Å². The molecule has 0 aromatic heterocycles. The number of nitrogens with zero attached hydrogens (tertiary/aromatic N) is 2. The first-order chi connectivity index (χ1) is 7.90. The van der Waals surface area contributed by atoms with Gasteiger partial charge in [-0.25, -0.2) is 0 Å². The fourth-order valence-corrected chi connectivity index (χ4v) is 2.80. The summed E-state index contributed by atoms with van der Waals surface area (Å²) in [6, 6.07) is 0.883. The Morgan fingerprint density at radius 1 is 1.06 bits per heavy atom. The van der Waals surface area contributed by atoms with Crippen LogP contribution in [0.15, 0.2) is 0 Å². The van der Waals surface area contributed by atoms with E-state index in [9.17, 15) is 0 Å². The Balaban J connectivity index is 1.67. The lowest BCUT2D eigenvalue weighted by molar-refractivity contribution is 0.113. The van der Waals surface area contributed by atoms with Gasteiger partial charge >= 0.3 is 0 Å². The van der Waals surface area contributed by atoms with E-state index in [1.807, 2.05) is 0 Å². The molecule has 0 aromatic carbocycles. The van der Waals surface area contributed by atoms with Crippen LogP contribution in [0.4, 0.5) is 0 Å². The summed E-state index contributed by atoms with van der Waals surface area (Å²) in [4.78, 5) is 5.31. The van der Waals surface area contributed by atoms with Crippen LogP contribution in [0.5, 0.6) is 0 Å². The third-order valence-electron chi connectivity index (χ3n) is 4.14. The van der Waals surface area contributed by atoms with Gasteiger partial charge in [0.05, 0.1) is 0 Å². The summed E-state index contributed by atoms with van der Waals surface area (Å²) in [5.74, 6) is 0. The van der Waals surface area contributed by atoms with Crippen molar-refractivity contribution < 1.29 is 0 Å². The second kappa shape index (κ2) is 6.58. The van der Waals surface area contributed by atoms with Crippen LogP contribution >= 0.6 is 0 Å². The second-order valence-electron chi connectivity index (χ2n) is 5.31. The molecule has 1 aliphatic heterocycles. The Hall–Kier alpha value is -0.120. The smallest absolute Gasteiger partial charge is 0.0112 e. The van der Waals surface area contributed by atoms with E-state index in [0.717, 1.165) is 19.0 Å². The first kappa shape index (κ1) is 12.3. The zero-order valence-electron chi connectivity index (χ0n) is 10.5. The molecule has 0 aromatic rings. The molecule has 3 nitrogen and oxygen atoms in total. The van der Waals surface area contributed by atoms with Crippen molar-refractivity contribution in [2.45, 2.75) is 44.6 Å². The molecule has 0 atom stereocenters. The molecule has 2 rings (SSSR count). The van der Waals surface area contributed by atoms with Crippen LogP contribution in [0.3, 0.4) is 0 Å². The van der Waals surface area contributed by atoms with E-state index >= 15 is 0 Å². The normalized spacial score (nSPS) is 22.9. The van der Waals surface area contributed by atoms with Gasteiger partial charge in [0.1, 0.15) is 0 Å². The van der Waals surface area contributed by atoms with Crippen molar-refractivity contribution in [2.75, 3.05) is 39.3 Å². The molecule has 1 heterocycles. The molecule has 2 aliphatic rings. The van der Waals surface area contributed by atoms with E-state index in [2.05, 4.69) is 9.80 Å². The van der Waals surface area contributed by atoms with E-state index in [-0.39, 0.29) is 0 Å². The molecule has 94 valence electrons. The molecule has 0 bridgehead atoms. The minimum atomic E-state index is 0.840. The van der Waals surface area contributed by atoms with Crippen molar-refractivity contribution in [3.63, 3.8) is 0 Å². The minimum Gasteiger partial charge on any atom is -0.330 e. The molecule has 2 N–H and O–H groups in total. The molecule has 1 saturated carbocycles. The first-order valence-corrected chi connectivity index (χ1v) is 7.06. The van der Waals surface area contributed by atoms with Gasteiger partial charge in [-0.2, -0.15) is 0 Å². The van der Waals surface area contributed by atoms with Gasteiger partial charge in [0.25, 0.3) is 0 Å². The molecule has 1 saturated heterocycles. The summed E-state index contributed by atoms with van der Waals surface area (Å²) >= 11 is 0. The Morgan fingerprint density at radius 3 is 2.38 bits per heavy atom. The van der Waals surface area contributed by atoms with Gasteiger partial charge in [0.15, 0.2) is 0 Å². The number of nitrogens with two attached hydrogens (primary N) is 1. The average Bonchev–Trinajstić information content (AvgIpc) is 2.72. The predicted octanol–water partition coefficient (Wildman–Crippen LogP) is 1.29. The van der Waals surface area contributed by atoms with Gasteiger partial charge < -0.3 is 10.6 Å². The summed E-state index contributed by atoms with van der Waals surface area (Å²) < 4.78 is 0. The van der Waals surface area contributed by atoms with Gasteiger partial charge in [-0.3, -0.25) is 4.90 Å². The van der Waals surface area contributed by atoms with Crippen LogP contribution < -0.4 is 5.73 Å². The minimum absolute atomic E-state index is 0.840. The van der Waals surface area contributed by atoms with Crippen LogP contribution in [-0.4, -0.2) is 55.1 Å². The van der Waals surface area contributed by atoms with E-state index < -0.39 is 0 Å². The molecule has 16 heavy (non-hydrogen) atoms. The van der Waals surface area contributed by atoms with Crippen molar-refractivity contribution >= 4 is 0 Å². The zero-order valence-corrected chi connectivity index (χ0v) is 10.5. The molecule has 3 heteroatoms. The lowest BCUT2D eigenvalue weighted by atomic mass is 9.91. The number of likely N-dealkylation sites (tertiary alicyclic amines) is 1. The maximum absolute atomic E-state index is 5.62. The van der Waals surface area contributed by atoms with Crippen molar-refractivity contribution in [1.82, 2.24) is 9.80 Å². The quantitative estimate of drug-likeness (QED) is 0.708. The van der Waals surface area contributed by atoms with Crippen molar-refractivity contribution in [3.8, 4) is 0 Å². The van der Waals surface area contributed by atoms with E-state index in [4.69, 9.17) is 5.73 Å². The molecule has 0 unspecified atom stereocenters. The molecule has 0 spiro atoms. The summed E-state index contributed by atoms with van der Waals surface area (Å²) in [5.41, 5.74) is 5.62. The maximum atomic E-state index is 5.62. The SMILES string of the molecule is NCCCN(CCN1CCCC1)C1CCC1. The van der Waals surface area contributed by atoms with Gasteiger partial charge in [-0.05, 0) is 58.3 Å². The molecule has 1 aliphatic carbocycles. The highest BCUT2D eigenvalue weighted by Crippen LogP contribution is 2.24. The topological polar surface area (TPSA) is 32.5 Å². The van der Waals surface area contributed by atoms with Crippen LogP contribution in [0, 0.1) is 0 Å². The second-order valence-corrected chi connectivity index (χ2v) is 5.31. The van der Waals surface area contributed by atoms with E-state index in [1.165, 1.54) is 64.8 Å². The fourth-order valence-electron chi connectivity index (χ4n) is 2.80. The lowest BCUT2D eigenvalue weighted by Crippen LogP contribution is -2.44. The Kier molecular flexibility index (Phi) is 5.07. The van der Waals surface area contributed by atoms with Crippen LogP contribution in [0.1, 0.15) is 38.5 Å². The standard InChI is InChI=1S/C13H27N3/c14-7-4-10-16(13-5-3-6-13)12-11-15-8-1-2-9-15/h13H,1-12,14H2. The Bertz CT molecular complexity index is 186. The molecule has 2 fully saturated rings. The number of hydrogen-bond donors (Lipinski definition) is 1. The predicted molar refractivity (Wildman–Crippen MR) is 68.6 cm³/mol. The third-order valence-corrected chi connectivity index (χ3v) is 4.14. The monoisotopic (exact) mass is 225 g/mol. The van der Waals surface area contributed by atoms with Gasteiger partial charge in [0, 0.05) is 19.1 Å². The maximum Gasteiger partial charge on any atom is 0.0112 e. The van der Waals surface area contributed by atoms with Crippen LogP contribution in [0.25, 0.3) is 0 Å². The van der Waals surface area contributed by atoms with E-state index in [1.54, 1.807) is 0 Å². The molecule has 0 radical (unpaired) electrons. The summed E-state index contributed by atoms with van der Waals surface area (Å²) in [6.07, 6.45) is 8.26. The number of rotatable bonds is 7. The summed E-state index contributed by atoms with van der Waals surface area (Å²) in [6.45, 7) is 7.26.